The van der Waals surface area contributed by atoms with Crippen molar-refractivity contribution in [2.45, 2.75) is 46.6 Å². The van der Waals surface area contributed by atoms with Gasteiger partial charge < -0.3 is 14.8 Å². The highest BCUT2D eigenvalue weighted by atomic mass is 32.2. The van der Waals surface area contributed by atoms with E-state index < -0.39 is 21.5 Å². The molecule has 0 aliphatic heterocycles. The van der Waals surface area contributed by atoms with Crippen molar-refractivity contribution in [2.75, 3.05) is 29.9 Å². The minimum absolute atomic E-state index is 0.0384. The number of rotatable bonds is 11. The van der Waals surface area contributed by atoms with Crippen LogP contribution in [0.3, 0.4) is 0 Å². The average Bonchev–Trinajstić information content (AvgIpc) is 3.04. The summed E-state index contributed by atoms with van der Waals surface area (Å²) in [6.45, 7) is 7.51. The second kappa shape index (κ2) is 10.4. The molecule has 29 heavy (non-hydrogen) atoms. The smallest absolute Gasteiger partial charge is 0.242 e. The molecule has 1 aromatic heterocycles. The van der Waals surface area contributed by atoms with Crippen LogP contribution in [0.1, 0.15) is 40.0 Å². The first kappa shape index (κ1) is 22.9. The predicted molar refractivity (Wildman–Crippen MR) is 117 cm³/mol. The first-order chi connectivity index (χ1) is 13.8. The molecule has 0 fully saturated rings. The fourth-order valence-electron chi connectivity index (χ4n) is 3.28. The Morgan fingerprint density at radius 3 is 2.45 bits per heavy atom. The fraction of sp³-hybridized carbons (Fsp3) is 0.524. The number of hydrogen-bond acceptors (Lipinski definition) is 4. The van der Waals surface area contributed by atoms with Crippen molar-refractivity contribution in [2.24, 2.45) is 0 Å². The monoisotopic (exact) mass is 421 g/mol. The van der Waals surface area contributed by atoms with Crippen LogP contribution >= 0.6 is 0 Å². The molecule has 1 N–H and O–H groups in total. The number of unbranched alkanes of at least 4 members (excludes halogenated alkanes) is 2. The third-order valence-corrected chi connectivity index (χ3v) is 6.50. The molecule has 2 rings (SSSR count). The van der Waals surface area contributed by atoms with E-state index in [0.717, 1.165) is 23.7 Å². The zero-order valence-corrected chi connectivity index (χ0v) is 18.3. The van der Waals surface area contributed by atoms with E-state index in [2.05, 4.69) is 5.32 Å². The number of nitrogens with one attached hydrogen (secondary N) is 1. The number of benzene rings is 1. The minimum Gasteiger partial charge on any atom is -0.342 e. The van der Waals surface area contributed by atoms with Crippen LogP contribution in [0.2, 0.25) is 0 Å². The molecule has 2 amide bonds. The van der Waals surface area contributed by atoms with E-state index in [0.29, 0.717) is 25.2 Å². The Morgan fingerprint density at radius 2 is 1.79 bits per heavy atom. The number of fused-ring (bicyclic) bond motifs is 1. The second-order valence-corrected chi connectivity index (χ2v) is 9.31. The predicted octanol–water partition coefficient (Wildman–Crippen LogP) is 3.05. The van der Waals surface area contributed by atoms with Crippen LogP contribution in [0, 0.1) is 0 Å². The van der Waals surface area contributed by atoms with Crippen molar-refractivity contribution >= 4 is 38.2 Å². The molecule has 0 atom stereocenters. The van der Waals surface area contributed by atoms with Gasteiger partial charge in [-0.3, -0.25) is 9.59 Å². The maximum atomic E-state index is 12.3. The lowest BCUT2D eigenvalue weighted by Crippen LogP contribution is -2.33. The number of likely N-dealkylation sites (N-methyl/N-ethyl adjacent to an activating group) is 1. The van der Waals surface area contributed by atoms with Crippen molar-refractivity contribution in [3.63, 3.8) is 0 Å². The Labute approximate surface area is 173 Å². The van der Waals surface area contributed by atoms with Gasteiger partial charge in [-0.2, -0.15) is 0 Å². The van der Waals surface area contributed by atoms with Gasteiger partial charge in [0.25, 0.3) is 0 Å². The Hall–Kier alpha value is -2.35. The molecular weight excluding hydrogens is 390 g/mol. The molecule has 0 unspecified atom stereocenters. The lowest BCUT2D eigenvalue weighted by molar-refractivity contribution is -0.131. The maximum absolute atomic E-state index is 12.3. The highest BCUT2D eigenvalue weighted by molar-refractivity contribution is 7.92. The standard InChI is InChI=1S/C21H31N3O4S/c1-4-7-8-13-29(27,28)16-20(25)22-18-9-10-19-17(14-18)11-12-24(19)15-21(26)23(5-2)6-3/h9-12,14H,4-8,13,15-16H2,1-3H3,(H,22,25). The Bertz CT molecular complexity index is 946. The normalized spacial score (nSPS) is 11.6. The van der Waals surface area contributed by atoms with Crippen LogP contribution in [-0.4, -0.2) is 54.3 Å². The first-order valence-electron chi connectivity index (χ1n) is 10.2. The van der Waals surface area contributed by atoms with Gasteiger partial charge in [-0.05, 0) is 44.5 Å². The van der Waals surface area contributed by atoms with E-state index in [1.165, 1.54) is 0 Å². The van der Waals surface area contributed by atoms with E-state index in [1.54, 1.807) is 17.0 Å². The molecule has 0 saturated heterocycles. The molecule has 0 radical (unpaired) electrons. The summed E-state index contributed by atoms with van der Waals surface area (Å²) in [6.07, 6.45) is 4.20. The Balaban J connectivity index is 2.03. The largest absolute Gasteiger partial charge is 0.342 e. The summed E-state index contributed by atoms with van der Waals surface area (Å²) in [4.78, 5) is 26.3. The number of amides is 2. The van der Waals surface area contributed by atoms with Crippen LogP contribution in [-0.2, 0) is 26.0 Å². The number of sulfone groups is 1. The van der Waals surface area contributed by atoms with Gasteiger partial charge in [-0.1, -0.05) is 19.8 Å². The SMILES string of the molecule is CCCCCS(=O)(=O)CC(=O)Nc1ccc2c(ccn2CC(=O)N(CC)CC)c1. The van der Waals surface area contributed by atoms with Crippen LogP contribution in [0.5, 0.6) is 0 Å². The topological polar surface area (TPSA) is 88.5 Å². The zero-order valence-electron chi connectivity index (χ0n) is 17.5. The van der Waals surface area contributed by atoms with Gasteiger partial charge >= 0.3 is 0 Å². The van der Waals surface area contributed by atoms with Crippen molar-refractivity contribution in [3.05, 3.63) is 30.5 Å². The van der Waals surface area contributed by atoms with E-state index in [9.17, 15) is 18.0 Å². The summed E-state index contributed by atoms with van der Waals surface area (Å²) in [7, 11) is -3.40. The van der Waals surface area contributed by atoms with Gasteiger partial charge in [0.2, 0.25) is 11.8 Å². The molecule has 0 spiro atoms. The molecule has 1 heterocycles. The molecule has 0 aliphatic rings. The summed E-state index contributed by atoms with van der Waals surface area (Å²) >= 11 is 0. The number of aromatic nitrogens is 1. The average molecular weight is 422 g/mol. The highest BCUT2D eigenvalue weighted by Gasteiger charge is 2.17. The van der Waals surface area contributed by atoms with E-state index in [-0.39, 0.29) is 18.2 Å². The molecule has 0 saturated carbocycles. The Kier molecular flexibility index (Phi) is 8.25. The number of hydrogen-bond donors (Lipinski definition) is 1. The van der Waals surface area contributed by atoms with Gasteiger partial charge in [0, 0.05) is 35.9 Å². The van der Waals surface area contributed by atoms with Crippen LogP contribution in [0.4, 0.5) is 5.69 Å². The second-order valence-electron chi connectivity index (χ2n) is 7.13. The number of carbonyl (C=O) groups is 2. The fourth-order valence-corrected chi connectivity index (χ4v) is 4.54. The molecule has 8 heteroatoms. The third-order valence-electron chi connectivity index (χ3n) is 4.89. The maximum Gasteiger partial charge on any atom is 0.242 e. The van der Waals surface area contributed by atoms with Gasteiger partial charge in [-0.15, -0.1) is 0 Å². The molecular formula is C21H31N3O4S. The Morgan fingerprint density at radius 1 is 1.07 bits per heavy atom. The molecule has 2 aromatic rings. The van der Waals surface area contributed by atoms with Crippen molar-refractivity contribution in [1.29, 1.82) is 0 Å². The molecule has 7 nitrogen and oxygen atoms in total. The third kappa shape index (κ3) is 6.59. The van der Waals surface area contributed by atoms with E-state index >= 15 is 0 Å². The highest BCUT2D eigenvalue weighted by Crippen LogP contribution is 2.21. The van der Waals surface area contributed by atoms with Gasteiger partial charge in [0.05, 0.1) is 5.75 Å². The molecule has 0 bridgehead atoms. The first-order valence-corrected chi connectivity index (χ1v) is 12.0. The minimum atomic E-state index is -3.40. The summed E-state index contributed by atoms with van der Waals surface area (Å²) in [5, 5.41) is 3.54. The molecule has 160 valence electrons. The summed E-state index contributed by atoms with van der Waals surface area (Å²) in [5.41, 5.74) is 1.43. The van der Waals surface area contributed by atoms with Crippen molar-refractivity contribution < 1.29 is 18.0 Å². The quantitative estimate of drug-likeness (QED) is 0.565. The molecule has 0 aliphatic carbocycles. The van der Waals surface area contributed by atoms with Crippen LogP contribution in [0.15, 0.2) is 30.5 Å². The van der Waals surface area contributed by atoms with Gasteiger partial charge in [0.1, 0.15) is 12.3 Å². The van der Waals surface area contributed by atoms with Gasteiger partial charge in [-0.25, -0.2) is 8.42 Å². The molecule has 1 aromatic carbocycles. The number of carbonyl (C=O) groups excluding carboxylic acids is 2. The lowest BCUT2D eigenvalue weighted by atomic mass is 10.2. The number of nitrogens with zero attached hydrogens (tertiary/aromatic N) is 2. The number of anilines is 1. The summed E-state index contributed by atoms with van der Waals surface area (Å²) in [5.74, 6) is -0.944. The van der Waals surface area contributed by atoms with Crippen molar-refractivity contribution in [3.8, 4) is 0 Å². The lowest BCUT2D eigenvalue weighted by Gasteiger charge is -2.19. The van der Waals surface area contributed by atoms with E-state index in [4.69, 9.17) is 0 Å². The van der Waals surface area contributed by atoms with Gasteiger partial charge in [0.15, 0.2) is 9.84 Å². The van der Waals surface area contributed by atoms with Crippen LogP contribution < -0.4 is 5.32 Å². The van der Waals surface area contributed by atoms with E-state index in [1.807, 2.05) is 43.7 Å². The summed E-state index contributed by atoms with van der Waals surface area (Å²) in [6, 6.07) is 7.22. The summed E-state index contributed by atoms with van der Waals surface area (Å²) < 4.78 is 25.9. The zero-order chi connectivity index (χ0) is 21.4. The van der Waals surface area contributed by atoms with Crippen LogP contribution in [0.25, 0.3) is 10.9 Å². The van der Waals surface area contributed by atoms with Crippen molar-refractivity contribution in [1.82, 2.24) is 9.47 Å².